The fourth-order valence-electron chi connectivity index (χ4n) is 4.65. The molecule has 0 atom stereocenters. The number of rotatable bonds is 5. The molecule has 4 rings (SSSR count). The molecule has 2 saturated heterocycles. The van der Waals surface area contributed by atoms with Gasteiger partial charge >= 0.3 is 0 Å². The van der Waals surface area contributed by atoms with E-state index in [1.165, 1.54) is 22.1 Å². The topological polar surface area (TPSA) is 32.4 Å². The number of nitrogens with zero attached hydrogens (tertiary/aromatic N) is 2. The number of quaternary nitrogens is 2. The van der Waals surface area contributed by atoms with Crippen LogP contribution in [0.1, 0.15) is 11.1 Å². The second kappa shape index (κ2) is 9.58. The first-order valence-corrected chi connectivity index (χ1v) is 11.1. The Morgan fingerprint density at radius 2 is 1.63 bits per heavy atom. The van der Waals surface area contributed by atoms with Gasteiger partial charge in [-0.1, -0.05) is 42.0 Å². The lowest BCUT2D eigenvalue weighted by Gasteiger charge is -2.37. The van der Waals surface area contributed by atoms with Crippen molar-refractivity contribution in [2.45, 2.75) is 13.5 Å². The highest BCUT2D eigenvalue weighted by Crippen LogP contribution is 2.20. The van der Waals surface area contributed by atoms with Crippen molar-refractivity contribution in [3.8, 4) is 0 Å². The van der Waals surface area contributed by atoms with E-state index in [-0.39, 0.29) is 11.7 Å². The Balaban J connectivity index is 1.20. The molecule has 0 spiro atoms. The molecule has 6 heteroatoms. The molecule has 0 aliphatic carbocycles. The Morgan fingerprint density at radius 1 is 0.933 bits per heavy atom. The maximum atomic E-state index is 14.0. The largest absolute Gasteiger partial charge is 0.366 e. The van der Waals surface area contributed by atoms with Crippen molar-refractivity contribution in [1.29, 1.82) is 0 Å². The standard InChI is InChI=1S/C24H31FN4O/c1-20-5-4-6-21(17-20)18-26-9-11-27(12-10-26)19-24(30)29-15-13-28(14-16-29)23-8-3-2-7-22(23)25/h2-8,17H,9-16,18-19H2,1H3/p+2. The molecule has 2 heterocycles. The lowest BCUT2D eigenvalue weighted by molar-refractivity contribution is -1.02. The van der Waals surface area contributed by atoms with E-state index in [1.54, 1.807) is 11.0 Å². The molecule has 2 aliphatic rings. The van der Waals surface area contributed by atoms with Crippen molar-refractivity contribution < 1.29 is 19.0 Å². The maximum absolute atomic E-state index is 14.0. The number of nitrogens with one attached hydrogen (secondary N) is 2. The van der Waals surface area contributed by atoms with Crippen molar-refractivity contribution in [1.82, 2.24) is 4.90 Å². The minimum absolute atomic E-state index is 0.187. The lowest BCUT2D eigenvalue weighted by atomic mass is 10.1. The summed E-state index contributed by atoms with van der Waals surface area (Å²) in [5.74, 6) is 0.0491. The van der Waals surface area contributed by atoms with Gasteiger partial charge in [0.1, 0.15) is 38.5 Å². The fraction of sp³-hybridized carbons (Fsp3) is 0.458. The molecule has 0 aromatic heterocycles. The normalized spacial score (nSPS) is 22.2. The van der Waals surface area contributed by atoms with Crippen LogP contribution < -0.4 is 14.7 Å². The molecule has 1 amide bonds. The summed E-state index contributed by atoms with van der Waals surface area (Å²) in [6.07, 6.45) is 0. The van der Waals surface area contributed by atoms with E-state index in [4.69, 9.17) is 0 Å². The number of piperazine rings is 2. The van der Waals surface area contributed by atoms with Crippen molar-refractivity contribution in [2.24, 2.45) is 0 Å². The van der Waals surface area contributed by atoms with Crippen LogP contribution in [0.15, 0.2) is 48.5 Å². The Hall–Kier alpha value is -2.44. The summed E-state index contributed by atoms with van der Waals surface area (Å²) in [5, 5.41) is 0. The van der Waals surface area contributed by atoms with E-state index >= 15 is 0 Å². The van der Waals surface area contributed by atoms with Crippen LogP contribution in [-0.4, -0.2) is 69.7 Å². The van der Waals surface area contributed by atoms with Gasteiger partial charge in [0.15, 0.2) is 6.54 Å². The Morgan fingerprint density at radius 3 is 2.33 bits per heavy atom. The highest BCUT2D eigenvalue weighted by Gasteiger charge is 2.29. The first-order valence-electron chi connectivity index (χ1n) is 11.1. The average molecular weight is 413 g/mol. The van der Waals surface area contributed by atoms with Gasteiger partial charge in [-0.2, -0.15) is 0 Å². The minimum Gasteiger partial charge on any atom is -0.366 e. The number of benzene rings is 2. The van der Waals surface area contributed by atoms with Crippen LogP contribution in [0.5, 0.6) is 0 Å². The number of halogens is 1. The zero-order chi connectivity index (χ0) is 20.9. The van der Waals surface area contributed by atoms with Gasteiger partial charge < -0.3 is 19.6 Å². The minimum atomic E-state index is -0.187. The summed E-state index contributed by atoms with van der Waals surface area (Å²) < 4.78 is 14.0. The molecule has 5 nitrogen and oxygen atoms in total. The number of para-hydroxylation sites is 1. The van der Waals surface area contributed by atoms with E-state index < -0.39 is 0 Å². The zero-order valence-electron chi connectivity index (χ0n) is 17.9. The number of carbonyl (C=O) groups excluding carboxylic acids is 1. The Bertz CT molecular complexity index is 858. The van der Waals surface area contributed by atoms with Gasteiger partial charge in [-0.15, -0.1) is 0 Å². The molecule has 0 radical (unpaired) electrons. The molecule has 0 saturated carbocycles. The molecule has 0 unspecified atom stereocenters. The molecular formula is C24H33FN4O+2. The number of hydrogen-bond donors (Lipinski definition) is 2. The maximum Gasteiger partial charge on any atom is 0.277 e. The van der Waals surface area contributed by atoms with Crippen LogP contribution >= 0.6 is 0 Å². The number of hydrogen-bond acceptors (Lipinski definition) is 2. The summed E-state index contributed by atoms with van der Waals surface area (Å²) in [6.45, 7) is 10.8. The number of carbonyl (C=O) groups is 1. The second-order valence-electron chi connectivity index (χ2n) is 8.66. The van der Waals surface area contributed by atoms with Crippen LogP contribution in [0.25, 0.3) is 0 Å². The number of anilines is 1. The molecule has 2 aromatic carbocycles. The van der Waals surface area contributed by atoms with Gasteiger partial charge in [-0.05, 0) is 19.1 Å². The quantitative estimate of drug-likeness (QED) is 0.711. The first kappa shape index (κ1) is 20.8. The van der Waals surface area contributed by atoms with Crippen LogP contribution in [0.4, 0.5) is 10.1 Å². The van der Waals surface area contributed by atoms with Gasteiger partial charge in [0.05, 0.1) is 5.69 Å². The van der Waals surface area contributed by atoms with Crippen molar-refractivity contribution >= 4 is 11.6 Å². The van der Waals surface area contributed by atoms with Crippen LogP contribution in [0, 0.1) is 12.7 Å². The predicted octanol–water partition coefficient (Wildman–Crippen LogP) is -0.234. The summed E-state index contributed by atoms with van der Waals surface area (Å²) in [7, 11) is 0. The predicted molar refractivity (Wildman–Crippen MR) is 116 cm³/mol. The van der Waals surface area contributed by atoms with E-state index in [2.05, 4.69) is 31.2 Å². The van der Waals surface area contributed by atoms with Crippen molar-refractivity contribution in [3.05, 3.63) is 65.5 Å². The third-order valence-electron chi connectivity index (χ3n) is 6.43. The summed E-state index contributed by atoms with van der Waals surface area (Å²) in [6, 6.07) is 15.6. The highest BCUT2D eigenvalue weighted by atomic mass is 19.1. The zero-order valence-corrected chi connectivity index (χ0v) is 17.9. The van der Waals surface area contributed by atoms with Crippen molar-refractivity contribution in [3.63, 3.8) is 0 Å². The van der Waals surface area contributed by atoms with Crippen molar-refractivity contribution in [2.75, 3.05) is 63.8 Å². The van der Waals surface area contributed by atoms with Gasteiger partial charge in [-0.3, -0.25) is 4.79 Å². The molecule has 2 aromatic rings. The lowest BCUT2D eigenvalue weighted by Crippen LogP contribution is -3.28. The monoisotopic (exact) mass is 412 g/mol. The van der Waals surface area contributed by atoms with Gasteiger partial charge in [0.2, 0.25) is 0 Å². The highest BCUT2D eigenvalue weighted by molar-refractivity contribution is 5.77. The molecule has 160 valence electrons. The average Bonchev–Trinajstić information content (AvgIpc) is 2.76. The van der Waals surface area contributed by atoms with Crippen LogP contribution in [-0.2, 0) is 11.3 Å². The molecule has 2 fully saturated rings. The van der Waals surface area contributed by atoms with Gasteiger partial charge in [-0.25, -0.2) is 4.39 Å². The first-order chi connectivity index (χ1) is 14.6. The molecule has 0 bridgehead atoms. The Kier molecular flexibility index (Phi) is 6.65. The molecule has 2 N–H and O–H groups in total. The summed E-state index contributed by atoms with van der Waals surface area (Å²) >= 11 is 0. The molecule has 2 aliphatic heterocycles. The Labute approximate surface area is 178 Å². The fourth-order valence-corrected chi connectivity index (χ4v) is 4.65. The number of amides is 1. The summed E-state index contributed by atoms with van der Waals surface area (Å²) in [5.41, 5.74) is 3.36. The van der Waals surface area contributed by atoms with Gasteiger partial charge in [0.25, 0.3) is 5.91 Å². The third kappa shape index (κ3) is 5.18. The smallest absolute Gasteiger partial charge is 0.277 e. The van der Waals surface area contributed by atoms with Gasteiger partial charge in [0, 0.05) is 31.7 Å². The van der Waals surface area contributed by atoms with Crippen LogP contribution in [0.2, 0.25) is 0 Å². The van der Waals surface area contributed by atoms with E-state index in [0.717, 1.165) is 32.7 Å². The third-order valence-corrected chi connectivity index (χ3v) is 6.43. The van der Waals surface area contributed by atoms with E-state index in [9.17, 15) is 9.18 Å². The molecule has 30 heavy (non-hydrogen) atoms. The SMILES string of the molecule is Cc1cccc(C[NH+]2CC[NH+](CC(=O)N3CCN(c4ccccc4F)CC3)CC2)c1. The van der Waals surface area contributed by atoms with Crippen LogP contribution in [0.3, 0.4) is 0 Å². The molecular weight excluding hydrogens is 379 g/mol. The van der Waals surface area contributed by atoms with E-state index in [1.807, 2.05) is 21.9 Å². The number of aryl methyl sites for hydroxylation is 1. The summed E-state index contributed by atoms with van der Waals surface area (Å²) in [4.78, 5) is 19.8. The second-order valence-corrected chi connectivity index (χ2v) is 8.66. The van der Waals surface area contributed by atoms with E-state index in [0.29, 0.717) is 38.4 Å².